The van der Waals surface area contributed by atoms with Crippen LogP contribution in [0.3, 0.4) is 0 Å². The lowest BCUT2D eigenvalue weighted by Crippen LogP contribution is -2.20. The topological polar surface area (TPSA) is 42.0 Å². The van der Waals surface area contributed by atoms with Crippen LogP contribution in [-0.4, -0.2) is 10.9 Å². The number of aryl methyl sites for hydroxylation is 2. The van der Waals surface area contributed by atoms with Crippen LogP contribution in [0, 0.1) is 6.92 Å². The molecule has 0 aliphatic carbocycles. The van der Waals surface area contributed by atoms with Gasteiger partial charge in [-0.3, -0.25) is 9.78 Å². The molecule has 1 aromatic heterocycles. The number of aromatic nitrogens is 1. The van der Waals surface area contributed by atoms with Gasteiger partial charge in [0.2, 0.25) is 5.91 Å². The first-order valence-electron chi connectivity index (χ1n) is 5.02. The van der Waals surface area contributed by atoms with Crippen molar-refractivity contribution in [3.8, 4) is 0 Å². The van der Waals surface area contributed by atoms with Gasteiger partial charge in [0.15, 0.2) is 0 Å². The number of carbonyl (C=O) groups is 1. The fraction of sp³-hybridized carbons (Fsp3) is 0.455. The SMILES string of the molecule is CC.Cc1nccc2c1NC(=O)CC2. The number of rotatable bonds is 0. The van der Waals surface area contributed by atoms with Crippen LogP contribution in [0.1, 0.15) is 31.5 Å². The van der Waals surface area contributed by atoms with Crippen LogP contribution >= 0.6 is 0 Å². The second kappa shape index (κ2) is 4.74. The molecule has 0 saturated carbocycles. The van der Waals surface area contributed by atoms with Gasteiger partial charge in [0, 0.05) is 12.6 Å². The molecule has 0 atom stereocenters. The highest BCUT2D eigenvalue weighted by Crippen LogP contribution is 2.23. The van der Waals surface area contributed by atoms with Gasteiger partial charge in [-0.25, -0.2) is 0 Å². The quantitative estimate of drug-likeness (QED) is 0.685. The highest BCUT2D eigenvalue weighted by molar-refractivity contribution is 5.94. The lowest BCUT2D eigenvalue weighted by Gasteiger charge is -2.17. The molecule has 1 aliphatic rings. The van der Waals surface area contributed by atoms with Gasteiger partial charge < -0.3 is 5.32 Å². The largest absolute Gasteiger partial charge is 0.324 e. The van der Waals surface area contributed by atoms with Crippen LogP contribution in [0.15, 0.2) is 12.3 Å². The number of nitrogens with one attached hydrogen (secondary N) is 1. The minimum Gasteiger partial charge on any atom is -0.324 e. The third-order valence-corrected chi connectivity index (χ3v) is 2.11. The average molecular weight is 192 g/mol. The highest BCUT2D eigenvalue weighted by atomic mass is 16.1. The molecule has 0 spiro atoms. The molecule has 0 aromatic carbocycles. The van der Waals surface area contributed by atoms with Crippen molar-refractivity contribution in [2.45, 2.75) is 33.6 Å². The number of pyridine rings is 1. The Kier molecular flexibility index (Phi) is 3.63. The Balaban J connectivity index is 0.000000461. The average Bonchev–Trinajstić information content (AvgIpc) is 2.22. The van der Waals surface area contributed by atoms with Crippen LogP contribution in [0.2, 0.25) is 0 Å². The normalized spacial score (nSPS) is 13.5. The first-order valence-corrected chi connectivity index (χ1v) is 5.02. The van der Waals surface area contributed by atoms with E-state index in [1.165, 1.54) is 5.56 Å². The van der Waals surface area contributed by atoms with Gasteiger partial charge in [-0.05, 0) is 25.0 Å². The van der Waals surface area contributed by atoms with E-state index in [2.05, 4.69) is 10.3 Å². The zero-order valence-electron chi connectivity index (χ0n) is 8.92. The molecule has 1 aliphatic heterocycles. The fourth-order valence-electron chi connectivity index (χ4n) is 1.45. The van der Waals surface area contributed by atoms with Crippen molar-refractivity contribution in [2.24, 2.45) is 0 Å². The lowest BCUT2D eigenvalue weighted by molar-refractivity contribution is -0.116. The van der Waals surface area contributed by atoms with Gasteiger partial charge in [-0.15, -0.1) is 0 Å². The molecule has 1 aromatic rings. The summed E-state index contributed by atoms with van der Waals surface area (Å²) in [6.45, 7) is 5.91. The van der Waals surface area contributed by atoms with E-state index in [0.29, 0.717) is 6.42 Å². The van der Waals surface area contributed by atoms with Gasteiger partial charge in [0.05, 0.1) is 11.4 Å². The summed E-state index contributed by atoms with van der Waals surface area (Å²) in [5.41, 5.74) is 3.01. The maximum atomic E-state index is 11.0. The van der Waals surface area contributed by atoms with E-state index in [-0.39, 0.29) is 5.91 Å². The standard InChI is InChI=1S/C9H10N2O.C2H6/c1-6-9-7(4-5-10-6)2-3-8(12)11-9;1-2/h4-5H,2-3H2,1H3,(H,11,12);1-2H3. The van der Waals surface area contributed by atoms with E-state index in [0.717, 1.165) is 17.8 Å². The maximum Gasteiger partial charge on any atom is 0.224 e. The highest BCUT2D eigenvalue weighted by Gasteiger charge is 2.15. The monoisotopic (exact) mass is 192 g/mol. The number of hydrogen-bond acceptors (Lipinski definition) is 2. The van der Waals surface area contributed by atoms with E-state index in [4.69, 9.17) is 0 Å². The third-order valence-electron chi connectivity index (χ3n) is 2.11. The Bertz CT molecular complexity index is 334. The molecular formula is C11H16N2O. The van der Waals surface area contributed by atoms with Crippen LogP contribution in [0.25, 0.3) is 0 Å². The Labute approximate surface area is 84.6 Å². The summed E-state index contributed by atoms with van der Waals surface area (Å²) in [5, 5.41) is 2.83. The van der Waals surface area contributed by atoms with Gasteiger partial charge in [-0.1, -0.05) is 13.8 Å². The van der Waals surface area contributed by atoms with E-state index in [9.17, 15) is 4.79 Å². The van der Waals surface area contributed by atoms with Crippen molar-refractivity contribution in [2.75, 3.05) is 5.32 Å². The predicted molar refractivity (Wildman–Crippen MR) is 57.3 cm³/mol. The number of nitrogens with zero attached hydrogens (tertiary/aromatic N) is 1. The summed E-state index contributed by atoms with van der Waals surface area (Å²) < 4.78 is 0. The molecule has 0 fully saturated rings. The van der Waals surface area contributed by atoms with Crippen LogP contribution < -0.4 is 5.32 Å². The first kappa shape index (κ1) is 10.7. The second-order valence-corrected chi connectivity index (χ2v) is 2.98. The van der Waals surface area contributed by atoms with Crippen molar-refractivity contribution in [3.05, 3.63) is 23.5 Å². The number of hydrogen-bond donors (Lipinski definition) is 1. The Morgan fingerprint density at radius 3 is 2.79 bits per heavy atom. The fourth-order valence-corrected chi connectivity index (χ4v) is 1.45. The smallest absolute Gasteiger partial charge is 0.224 e. The van der Waals surface area contributed by atoms with E-state index >= 15 is 0 Å². The van der Waals surface area contributed by atoms with Crippen LogP contribution in [0.5, 0.6) is 0 Å². The molecule has 3 nitrogen and oxygen atoms in total. The molecule has 76 valence electrons. The molecule has 0 saturated heterocycles. The third kappa shape index (κ3) is 2.10. The van der Waals surface area contributed by atoms with Gasteiger partial charge in [-0.2, -0.15) is 0 Å². The van der Waals surface area contributed by atoms with Crippen molar-refractivity contribution < 1.29 is 4.79 Å². The first-order chi connectivity index (χ1) is 6.77. The van der Waals surface area contributed by atoms with Crippen molar-refractivity contribution >= 4 is 11.6 Å². The molecule has 2 rings (SSSR count). The van der Waals surface area contributed by atoms with Crippen molar-refractivity contribution in [1.29, 1.82) is 0 Å². The molecule has 0 radical (unpaired) electrons. The summed E-state index contributed by atoms with van der Waals surface area (Å²) in [6, 6.07) is 1.96. The van der Waals surface area contributed by atoms with E-state index in [1.807, 2.05) is 26.8 Å². The second-order valence-electron chi connectivity index (χ2n) is 2.98. The number of carbonyl (C=O) groups excluding carboxylic acids is 1. The predicted octanol–water partition coefficient (Wildman–Crippen LogP) is 2.30. The molecule has 1 N–H and O–H groups in total. The van der Waals surface area contributed by atoms with Crippen molar-refractivity contribution in [1.82, 2.24) is 4.98 Å². The molecule has 0 unspecified atom stereocenters. The minimum atomic E-state index is 0.0959. The summed E-state index contributed by atoms with van der Waals surface area (Å²) in [4.78, 5) is 15.2. The summed E-state index contributed by atoms with van der Waals surface area (Å²) >= 11 is 0. The molecule has 3 heteroatoms. The van der Waals surface area contributed by atoms with Crippen LogP contribution in [0.4, 0.5) is 5.69 Å². The lowest BCUT2D eigenvalue weighted by atomic mass is 10.0. The Morgan fingerprint density at radius 2 is 2.07 bits per heavy atom. The number of anilines is 1. The Morgan fingerprint density at radius 1 is 1.36 bits per heavy atom. The maximum absolute atomic E-state index is 11.0. The van der Waals surface area contributed by atoms with Crippen molar-refractivity contribution in [3.63, 3.8) is 0 Å². The Hall–Kier alpha value is -1.38. The molecule has 2 heterocycles. The molecule has 0 bridgehead atoms. The van der Waals surface area contributed by atoms with Gasteiger partial charge in [0.25, 0.3) is 0 Å². The molecule has 14 heavy (non-hydrogen) atoms. The molecule has 1 amide bonds. The minimum absolute atomic E-state index is 0.0959. The summed E-state index contributed by atoms with van der Waals surface area (Å²) in [6.07, 6.45) is 3.21. The number of fused-ring (bicyclic) bond motifs is 1. The summed E-state index contributed by atoms with van der Waals surface area (Å²) in [7, 11) is 0. The molecular weight excluding hydrogens is 176 g/mol. The zero-order chi connectivity index (χ0) is 10.6. The van der Waals surface area contributed by atoms with Gasteiger partial charge >= 0.3 is 0 Å². The van der Waals surface area contributed by atoms with Crippen LogP contribution in [-0.2, 0) is 11.2 Å². The van der Waals surface area contributed by atoms with E-state index in [1.54, 1.807) is 6.20 Å². The van der Waals surface area contributed by atoms with Gasteiger partial charge in [0.1, 0.15) is 0 Å². The number of amides is 1. The van der Waals surface area contributed by atoms with E-state index < -0.39 is 0 Å². The summed E-state index contributed by atoms with van der Waals surface area (Å²) in [5.74, 6) is 0.0959. The zero-order valence-corrected chi connectivity index (χ0v) is 8.92.